The molecule has 0 bridgehead atoms. The first-order valence-corrected chi connectivity index (χ1v) is 8.76. The van der Waals surface area contributed by atoms with E-state index in [2.05, 4.69) is 15.5 Å². The van der Waals surface area contributed by atoms with Crippen molar-refractivity contribution in [2.24, 2.45) is 0 Å². The van der Waals surface area contributed by atoms with Gasteiger partial charge in [-0.15, -0.1) is 0 Å². The zero-order valence-electron chi connectivity index (χ0n) is 15.4. The molecule has 1 heterocycles. The van der Waals surface area contributed by atoms with Crippen molar-refractivity contribution in [1.29, 1.82) is 0 Å². The molecule has 0 aliphatic carbocycles. The summed E-state index contributed by atoms with van der Waals surface area (Å²) >= 11 is 0. The molecule has 0 saturated carbocycles. The molecule has 1 atom stereocenters. The Morgan fingerprint density at radius 1 is 1.08 bits per heavy atom. The zero-order valence-corrected chi connectivity index (χ0v) is 15.4. The third-order valence-electron chi connectivity index (χ3n) is 4.52. The third kappa shape index (κ3) is 3.94. The van der Waals surface area contributed by atoms with Gasteiger partial charge in [-0.05, 0) is 41.8 Å². The van der Waals surface area contributed by atoms with E-state index in [1.54, 1.807) is 6.20 Å². The SMILES string of the molecule is CCC(C(=O)Nc1ccc(-c2cn[nH]c2)cc1)c1ccc(N(C)C)cc1. The van der Waals surface area contributed by atoms with E-state index in [9.17, 15) is 4.79 Å². The molecule has 2 N–H and O–H groups in total. The number of hydrogen-bond donors (Lipinski definition) is 2. The minimum Gasteiger partial charge on any atom is -0.378 e. The average Bonchev–Trinajstić information content (AvgIpc) is 3.18. The summed E-state index contributed by atoms with van der Waals surface area (Å²) in [6.07, 6.45) is 4.37. The lowest BCUT2D eigenvalue weighted by molar-refractivity contribution is -0.117. The Hall–Kier alpha value is -3.08. The number of nitrogens with one attached hydrogen (secondary N) is 2. The van der Waals surface area contributed by atoms with E-state index in [0.29, 0.717) is 0 Å². The summed E-state index contributed by atoms with van der Waals surface area (Å²) in [4.78, 5) is 14.8. The maximum atomic E-state index is 12.7. The van der Waals surface area contributed by atoms with Crippen LogP contribution in [0.2, 0.25) is 0 Å². The number of benzene rings is 2. The molecule has 0 aliphatic heterocycles. The molecule has 26 heavy (non-hydrogen) atoms. The Morgan fingerprint density at radius 2 is 1.77 bits per heavy atom. The van der Waals surface area contributed by atoms with Crippen LogP contribution in [0.5, 0.6) is 0 Å². The number of hydrogen-bond acceptors (Lipinski definition) is 3. The quantitative estimate of drug-likeness (QED) is 0.699. The molecule has 134 valence electrons. The first-order chi connectivity index (χ1) is 12.6. The number of aromatic nitrogens is 2. The van der Waals surface area contributed by atoms with Gasteiger partial charge in [0.1, 0.15) is 0 Å². The number of aromatic amines is 1. The van der Waals surface area contributed by atoms with Crippen LogP contribution in [0.4, 0.5) is 11.4 Å². The Morgan fingerprint density at radius 3 is 2.31 bits per heavy atom. The second-order valence-corrected chi connectivity index (χ2v) is 6.50. The van der Waals surface area contributed by atoms with Crippen molar-refractivity contribution in [1.82, 2.24) is 10.2 Å². The molecule has 0 spiro atoms. The number of anilines is 2. The summed E-state index contributed by atoms with van der Waals surface area (Å²) in [7, 11) is 4.01. The van der Waals surface area contributed by atoms with Crippen LogP contribution in [0.25, 0.3) is 11.1 Å². The monoisotopic (exact) mass is 348 g/mol. The van der Waals surface area contributed by atoms with Gasteiger partial charge >= 0.3 is 0 Å². The lowest BCUT2D eigenvalue weighted by Crippen LogP contribution is -2.20. The highest BCUT2D eigenvalue weighted by Gasteiger charge is 2.19. The van der Waals surface area contributed by atoms with Gasteiger partial charge in [-0.1, -0.05) is 31.2 Å². The molecule has 5 nitrogen and oxygen atoms in total. The van der Waals surface area contributed by atoms with Crippen LogP contribution >= 0.6 is 0 Å². The van der Waals surface area contributed by atoms with E-state index in [-0.39, 0.29) is 11.8 Å². The molecular formula is C21H24N4O. The number of rotatable bonds is 6. The molecule has 0 aliphatic rings. The Kier molecular flexibility index (Phi) is 5.37. The van der Waals surface area contributed by atoms with Crippen molar-refractivity contribution in [2.75, 3.05) is 24.3 Å². The molecule has 1 aromatic heterocycles. The predicted octanol–water partition coefficient (Wildman–Crippen LogP) is 4.28. The zero-order chi connectivity index (χ0) is 18.5. The van der Waals surface area contributed by atoms with Gasteiger partial charge in [0.05, 0.1) is 12.1 Å². The van der Waals surface area contributed by atoms with Crippen molar-refractivity contribution >= 4 is 17.3 Å². The van der Waals surface area contributed by atoms with Crippen LogP contribution < -0.4 is 10.2 Å². The van der Waals surface area contributed by atoms with Gasteiger partial charge in [-0.2, -0.15) is 5.10 Å². The van der Waals surface area contributed by atoms with E-state index in [1.165, 1.54) is 0 Å². The van der Waals surface area contributed by atoms with Gasteiger partial charge in [0.25, 0.3) is 0 Å². The number of carbonyl (C=O) groups excluding carboxylic acids is 1. The molecule has 1 amide bonds. The molecule has 0 fully saturated rings. The Bertz CT molecular complexity index is 837. The van der Waals surface area contributed by atoms with Crippen molar-refractivity contribution in [3.05, 3.63) is 66.5 Å². The number of carbonyl (C=O) groups is 1. The molecule has 3 aromatic rings. The number of H-pyrrole nitrogens is 1. The van der Waals surface area contributed by atoms with Crippen LogP contribution in [-0.4, -0.2) is 30.2 Å². The molecule has 3 rings (SSSR count). The molecule has 0 radical (unpaired) electrons. The second-order valence-electron chi connectivity index (χ2n) is 6.50. The maximum absolute atomic E-state index is 12.7. The van der Waals surface area contributed by atoms with Crippen molar-refractivity contribution in [3.8, 4) is 11.1 Å². The van der Waals surface area contributed by atoms with Gasteiger partial charge < -0.3 is 10.2 Å². The fourth-order valence-corrected chi connectivity index (χ4v) is 2.96. The van der Waals surface area contributed by atoms with Gasteiger partial charge in [-0.3, -0.25) is 9.89 Å². The smallest absolute Gasteiger partial charge is 0.231 e. The fourth-order valence-electron chi connectivity index (χ4n) is 2.96. The first kappa shape index (κ1) is 17.7. The van der Waals surface area contributed by atoms with E-state index in [1.807, 2.05) is 80.6 Å². The van der Waals surface area contributed by atoms with Gasteiger partial charge in [0.2, 0.25) is 5.91 Å². The lowest BCUT2D eigenvalue weighted by Gasteiger charge is -2.18. The summed E-state index contributed by atoms with van der Waals surface area (Å²) in [6.45, 7) is 2.03. The third-order valence-corrected chi connectivity index (χ3v) is 4.52. The predicted molar refractivity (Wildman–Crippen MR) is 106 cm³/mol. The highest BCUT2D eigenvalue weighted by atomic mass is 16.1. The summed E-state index contributed by atoms with van der Waals surface area (Å²) in [5, 5.41) is 9.79. The standard InChI is InChI=1S/C21H24N4O/c1-4-20(16-7-11-19(12-8-16)25(2)3)21(26)24-18-9-5-15(6-10-18)17-13-22-23-14-17/h5-14,20H,4H2,1-3H3,(H,22,23)(H,24,26). The average molecular weight is 348 g/mol. The summed E-state index contributed by atoms with van der Waals surface area (Å²) in [5.74, 6) is -0.152. The van der Waals surface area contributed by atoms with Crippen LogP contribution in [-0.2, 0) is 4.79 Å². The summed E-state index contributed by atoms with van der Waals surface area (Å²) < 4.78 is 0. The van der Waals surface area contributed by atoms with E-state index in [4.69, 9.17) is 0 Å². The summed E-state index contributed by atoms with van der Waals surface area (Å²) in [5.41, 5.74) is 5.04. The fraction of sp³-hybridized carbons (Fsp3) is 0.238. The van der Waals surface area contributed by atoms with Crippen molar-refractivity contribution < 1.29 is 4.79 Å². The minimum absolute atomic E-state index is 0.0150. The number of amides is 1. The molecular weight excluding hydrogens is 324 g/mol. The topological polar surface area (TPSA) is 61.0 Å². The van der Waals surface area contributed by atoms with Crippen LogP contribution in [0.15, 0.2) is 60.9 Å². The molecule has 2 aromatic carbocycles. The van der Waals surface area contributed by atoms with Crippen molar-refractivity contribution in [2.45, 2.75) is 19.3 Å². The second kappa shape index (κ2) is 7.87. The Balaban J connectivity index is 1.71. The Labute approximate surface area is 154 Å². The molecule has 0 saturated heterocycles. The molecule has 1 unspecified atom stereocenters. The number of nitrogens with zero attached hydrogens (tertiary/aromatic N) is 2. The molecule has 5 heteroatoms. The van der Waals surface area contributed by atoms with Gasteiger partial charge in [0.15, 0.2) is 0 Å². The normalized spacial score (nSPS) is 11.8. The first-order valence-electron chi connectivity index (χ1n) is 8.76. The van der Waals surface area contributed by atoms with Gasteiger partial charge in [-0.25, -0.2) is 0 Å². The van der Waals surface area contributed by atoms with E-state index >= 15 is 0 Å². The van der Waals surface area contributed by atoms with Crippen molar-refractivity contribution in [3.63, 3.8) is 0 Å². The van der Waals surface area contributed by atoms with Crippen LogP contribution in [0.3, 0.4) is 0 Å². The maximum Gasteiger partial charge on any atom is 0.231 e. The minimum atomic E-state index is -0.167. The van der Waals surface area contributed by atoms with E-state index in [0.717, 1.165) is 34.5 Å². The van der Waals surface area contributed by atoms with E-state index < -0.39 is 0 Å². The van der Waals surface area contributed by atoms with Gasteiger partial charge in [0, 0.05) is 37.2 Å². The highest BCUT2D eigenvalue weighted by Crippen LogP contribution is 2.25. The lowest BCUT2D eigenvalue weighted by atomic mass is 9.95. The largest absolute Gasteiger partial charge is 0.378 e. The summed E-state index contributed by atoms with van der Waals surface area (Å²) in [6, 6.07) is 16.0. The van der Waals surface area contributed by atoms with Crippen LogP contribution in [0, 0.1) is 0 Å². The highest BCUT2D eigenvalue weighted by molar-refractivity contribution is 5.96. The van der Waals surface area contributed by atoms with Crippen LogP contribution in [0.1, 0.15) is 24.8 Å².